The Morgan fingerprint density at radius 1 is 1.59 bits per heavy atom. The van der Waals surface area contributed by atoms with Gasteiger partial charge in [0.2, 0.25) is 0 Å². The van der Waals surface area contributed by atoms with Crippen molar-refractivity contribution in [1.82, 2.24) is 9.97 Å². The molecule has 17 heavy (non-hydrogen) atoms. The summed E-state index contributed by atoms with van der Waals surface area (Å²) in [5.41, 5.74) is 5.56. The Bertz CT molecular complexity index is 425. The Labute approximate surface area is 101 Å². The topological polar surface area (TPSA) is 75.0 Å². The van der Waals surface area contributed by atoms with Gasteiger partial charge in [0.15, 0.2) is 0 Å². The molecular formula is C12H20N4O. The number of nitrogens with one attached hydrogen (secondary N) is 1. The first kappa shape index (κ1) is 12.1. The number of hydrogen-bond donors (Lipinski definition) is 2. The van der Waals surface area contributed by atoms with Crippen LogP contribution in [0.5, 0.6) is 0 Å². The highest BCUT2D eigenvalue weighted by Crippen LogP contribution is 2.27. The van der Waals surface area contributed by atoms with E-state index in [-0.39, 0.29) is 5.56 Å². The van der Waals surface area contributed by atoms with Gasteiger partial charge in [-0.15, -0.1) is 0 Å². The van der Waals surface area contributed by atoms with Gasteiger partial charge in [-0.05, 0) is 19.3 Å². The molecule has 0 aliphatic heterocycles. The van der Waals surface area contributed by atoms with Crippen LogP contribution in [-0.2, 0) is 6.42 Å². The van der Waals surface area contributed by atoms with Gasteiger partial charge in [-0.1, -0.05) is 6.92 Å². The number of aryl methyl sites for hydroxylation is 1. The van der Waals surface area contributed by atoms with Crippen molar-refractivity contribution in [3.05, 3.63) is 22.2 Å². The lowest BCUT2D eigenvalue weighted by atomic mass is 9.91. The van der Waals surface area contributed by atoms with Crippen molar-refractivity contribution < 1.29 is 0 Å². The van der Waals surface area contributed by atoms with Crippen LogP contribution in [0.15, 0.2) is 10.9 Å². The van der Waals surface area contributed by atoms with Crippen molar-refractivity contribution in [2.45, 2.75) is 38.6 Å². The van der Waals surface area contributed by atoms with E-state index in [1.54, 1.807) is 6.07 Å². The second-order valence-corrected chi connectivity index (χ2v) is 4.47. The number of rotatable bonds is 5. The summed E-state index contributed by atoms with van der Waals surface area (Å²) < 4.78 is 0. The van der Waals surface area contributed by atoms with E-state index < -0.39 is 0 Å². The molecule has 0 spiro atoms. The van der Waals surface area contributed by atoms with Crippen LogP contribution >= 0.6 is 0 Å². The van der Waals surface area contributed by atoms with Gasteiger partial charge in [0, 0.05) is 31.6 Å². The van der Waals surface area contributed by atoms with Crippen molar-refractivity contribution in [2.75, 3.05) is 18.0 Å². The zero-order chi connectivity index (χ0) is 12.3. The van der Waals surface area contributed by atoms with Crippen LogP contribution in [0.25, 0.3) is 0 Å². The third-order valence-electron chi connectivity index (χ3n) is 3.29. The number of nitrogens with two attached hydrogens (primary N) is 1. The molecule has 1 heterocycles. The molecule has 0 saturated heterocycles. The van der Waals surface area contributed by atoms with Crippen molar-refractivity contribution in [3.8, 4) is 0 Å². The molecule has 1 aromatic heterocycles. The van der Waals surface area contributed by atoms with E-state index in [4.69, 9.17) is 5.73 Å². The zero-order valence-corrected chi connectivity index (χ0v) is 10.3. The molecule has 3 N–H and O–H groups in total. The fourth-order valence-corrected chi connectivity index (χ4v) is 2.13. The average molecular weight is 236 g/mol. The maximum Gasteiger partial charge on any atom is 0.252 e. The minimum absolute atomic E-state index is 0.0757. The molecule has 0 bridgehead atoms. The normalized spacial score (nSPS) is 15.6. The van der Waals surface area contributed by atoms with Gasteiger partial charge >= 0.3 is 0 Å². The Kier molecular flexibility index (Phi) is 3.78. The van der Waals surface area contributed by atoms with Gasteiger partial charge in [-0.25, -0.2) is 4.98 Å². The maximum absolute atomic E-state index is 11.6. The molecule has 0 atom stereocenters. The Morgan fingerprint density at radius 2 is 2.35 bits per heavy atom. The van der Waals surface area contributed by atoms with Gasteiger partial charge in [-0.2, -0.15) is 0 Å². The fourth-order valence-electron chi connectivity index (χ4n) is 2.13. The van der Waals surface area contributed by atoms with Crippen LogP contribution in [0.3, 0.4) is 0 Å². The van der Waals surface area contributed by atoms with E-state index in [2.05, 4.69) is 14.9 Å². The summed E-state index contributed by atoms with van der Waals surface area (Å²) in [5, 5.41) is 0. The van der Waals surface area contributed by atoms with Crippen LogP contribution in [-0.4, -0.2) is 29.1 Å². The molecular weight excluding hydrogens is 216 g/mol. The monoisotopic (exact) mass is 236 g/mol. The number of H-pyrrole nitrogens is 1. The summed E-state index contributed by atoms with van der Waals surface area (Å²) in [4.78, 5) is 21.0. The minimum atomic E-state index is -0.0757. The quantitative estimate of drug-likeness (QED) is 0.787. The summed E-state index contributed by atoms with van der Waals surface area (Å²) in [7, 11) is 0. The first-order valence-electron chi connectivity index (χ1n) is 6.31. The van der Waals surface area contributed by atoms with Gasteiger partial charge in [0.05, 0.1) is 0 Å². The molecule has 1 fully saturated rings. The highest BCUT2D eigenvalue weighted by Gasteiger charge is 2.25. The van der Waals surface area contributed by atoms with Crippen molar-refractivity contribution in [1.29, 1.82) is 0 Å². The van der Waals surface area contributed by atoms with E-state index in [1.807, 2.05) is 6.92 Å². The first-order valence-corrected chi connectivity index (χ1v) is 6.31. The number of anilines is 1. The molecule has 5 nitrogen and oxygen atoms in total. The average Bonchev–Trinajstić information content (AvgIpc) is 2.25. The van der Waals surface area contributed by atoms with Gasteiger partial charge < -0.3 is 15.6 Å². The van der Waals surface area contributed by atoms with Crippen LogP contribution in [0, 0.1) is 0 Å². The predicted molar refractivity (Wildman–Crippen MR) is 68.3 cm³/mol. The van der Waals surface area contributed by atoms with E-state index in [9.17, 15) is 4.79 Å². The van der Waals surface area contributed by atoms with Crippen molar-refractivity contribution >= 4 is 5.82 Å². The standard InChI is InChI=1S/C12H20N4O/c1-2-10-14-11(8-12(17)15-10)16(7-6-13)9-4-3-5-9/h8-9H,2-7,13H2,1H3,(H,14,15,17). The summed E-state index contributed by atoms with van der Waals surface area (Å²) in [6, 6.07) is 2.09. The van der Waals surface area contributed by atoms with Gasteiger partial charge in [0.25, 0.3) is 5.56 Å². The van der Waals surface area contributed by atoms with Crippen LogP contribution < -0.4 is 16.2 Å². The number of hydrogen-bond acceptors (Lipinski definition) is 4. The molecule has 2 rings (SSSR count). The van der Waals surface area contributed by atoms with Crippen molar-refractivity contribution in [3.63, 3.8) is 0 Å². The van der Waals surface area contributed by atoms with E-state index >= 15 is 0 Å². The molecule has 1 aromatic rings. The van der Waals surface area contributed by atoms with Gasteiger partial charge in [-0.3, -0.25) is 4.79 Å². The molecule has 94 valence electrons. The zero-order valence-electron chi connectivity index (χ0n) is 10.3. The molecule has 0 radical (unpaired) electrons. The highest BCUT2D eigenvalue weighted by atomic mass is 16.1. The minimum Gasteiger partial charge on any atom is -0.352 e. The Balaban J connectivity index is 2.27. The summed E-state index contributed by atoms with van der Waals surface area (Å²) in [6.45, 7) is 3.34. The highest BCUT2D eigenvalue weighted by molar-refractivity contribution is 5.39. The predicted octanol–water partition coefficient (Wildman–Crippen LogP) is 0.650. The van der Waals surface area contributed by atoms with E-state index in [0.29, 0.717) is 12.6 Å². The van der Waals surface area contributed by atoms with E-state index in [0.717, 1.165) is 24.6 Å². The van der Waals surface area contributed by atoms with Crippen LogP contribution in [0.2, 0.25) is 0 Å². The molecule has 5 heteroatoms. The second kappa shape index (κ2) is 5.31. The number of nitrogens with zero attached hydrogens (tertiary/aromatic N) is 2. The number of aromatic amines is 1. The molecule has 1 aliphatic rings. The Hall–Kier alpha value is -1.36. The van der Waals surface area contributed by atoms with Crippen LogP contribution in [0.1, 0.15) is 32.0 Å². The second-order valence-electron chi connectivity index (χ2n) is 4.47. The molecule has 0 unspecified atom stereocenters. The van der Waals surface area contributed by atoms with E-state index in [1.165, 1.54) is 19.3 Å². The number of aromatic nitrogens is 2. The summed E-state index contributed by atoms with van der Waals surface area (Å²) >= 11 is 0. The molecule has 1 saturated carbocycles. The smallest absolute Gasteiger partial charge is 0.252 e. The third kappa shape index (κ3) is 2.66. The van der Waals surface area contributed by atoms with Gasteiger partial charge in [0.1, 0.15) is 11.6 Å². The third-order valence-corrected chi connectivity index (χ3v) is 3.29. The lowest BCUT2D eigenvalue weighted by Gasteiger charge is -2.38. The first-order chi connectivity index (χ1) is 8.24. The Morgan fingerprint density at radius 3 is 2.88 bits per heavy atom. The molecule has 0 aromatic carbocycles. The SMILES string of the molecule is CCc1nc(N(CCN)C2CCC2)cc(=O)[nH]1. The summed E-state index contributed by atoms with van der Waals surface area (Å²) in [6.07, 6.45) is 4.35. The van der Waals surface area contributed by atoms with Crippen molar-refractivity contribution in [2.24, 2.45) is 5.73 Å². The largest absolute Gasteiger partial charge is 0.352 e. The maximum atomic E-state index is 11.6. The van der Waals surface area contributed by atoms with Crippen LogP contribution in [0.4, 0.5) is 5.82 Å². The molecule has 1 aliphatic carbocycles. The summed E-state index contributed by atoms with van der Waals surface area (Å²) in [5.74, 6) is 1.52. The lowest BCUT2D eigenvalue weighted by molar-refractivity contribution is 0.385. The molecule has 0 amide bonds. The lowest BCUT2D eigenvalue weighted by Crippen LogP contribution is -2.44. The fraction of sp³-hybridized carbons (Fsp3) is 0.667.